The van der Waals surface area contributed by atoms with Gasteiger partial charge in [0.2, 0.25) is 0 Å². The summed E-state index contributed by atoms with van der Waals surface area (Å²) < 4.78 is 0. The maximum Gasteiger partial charge on any atom is 0.0742 e. The van der Waals surface area contributed by atoms with Gasteiger partial charge in [-0.2, -0.15) is 0 Å². The lowest BCUT2D eigenvalue weighted by molar-refractivity contribution is 0.515. The number of hydrogen-bond donors (Lipinski definition) is 0. The molecule has 0 saturated carbocycles. The third-order valence-corrected chi connectivity index (χ3v) is 1.91. The highest BCUT2D eigenvalue weighted by Crippen LogP contribution is 2.30. The topological polar surface area (TPSA) is 0 Å². The summed E-state index contributed by atoms with van der Waals surface area (Å²) in [6, 6.07) is 0. The highest BCUT2D eigenvalue weighted by atomic mass is 14.1. The van der Waals surface area contributed by atoms with Gasteiger partial charge in [-0.1, -0.05) is 51.8 Å². The molecule has 0 aliphatic heterocycles. The molecule has 1 atom stereocenters. The molecule has 0 aliphatic carbocycles. The van der Waals surface area contributed by atoms with E-state index < -0.39 is 0 Å². The summed E-state index contributed by atoms with van der Waals surface area (Å²) in [5.41, 5.74) is 0. The zero-order valence-corrected chi connectivity index (χ0v) is 6.91. The number of unbranched alkanes of at least 4 members (excludes halogenated alkanes) is 1. The fraction of sp³-hybridized carbons (Fsp3) is 1.00. The van der Waals surface area contributed by atoms with Crippen LogP contribution in [0.1, 0.15) is 46.5 Å². The van der Waals surface area contributed by atoms with Gasteiger partial charge in [-0.05, 0) is 0 Å². The largest absolute Gasteiger partial charge is 0.0742 e. The molecule has 0 nitrogen and oxygen atoms in total. The molecular formula is C8H17B. The van der Waals surface area contributed by atoms with E-state index in [1.807, 2.05) is 0 Å². The molecule has 0 fully saturated rings. The minimum atomic E-state index is 0.0933. The molecule has 0 bridgehead atoms. The van der Waals surface area contributed by atoms with Gasteiger partial charge in [-0.25, -0.2) is 0 Å². The summed E-state index contributed by atoms with van der Waals surface area (Å²) >= 11 is 0. The van der Waals surface area contributed by atoms with Crippen molar-refractivity contribution in [3.05, 3.63) is 0 Å². The quantitative estimate of drug-likeness (QED) is 0.505. The third kappa shape index (κ3) is 4.56. The van der Waals surface area contributed by atoms with E-state index in [4.69, 9.17) is 7.85 Å². The van der Waals surface area contributed by atoms with Crippen LogP contribution in [0.2, 0.25) is 5.31 Å². The first-order valence-corrected chi connectivity index (χ1v) is 3.91. The molecule has 0 aromatic rings. The van der Waals surface area contributed by atoms with Crippen molar-refractivity contribution in [3.63, 3.8) is 0 Å². The summed E-state index contributed by atoms with van der Waals surface area (Å²) in [6.45, 7) is 6.48. The summed E-state index contributed by atoms with van der Waals surface area (Å²) in [5, 5.41) is 0.0933. The van der Waals surface area contributed by atoms with Crippen LogP contribution >= 0.6 is 0 Å². The SMILES string of the molecule is [B]C(C)(CC)CCCC. The maximum absolute atomic E-state index is 5.90. The van der Waals surface area contributed by atoms with Gasteiger partial charge in [-0.15, -0.1) is 0 Å². The van der Waals surface area contributed by atoms with E-state index in [1.165, 1.54) is 19.3 Å². The van der Waals surface area contributed by atoms with Crippen molar-refractivity contribution in [1.82, 2.24) is 0 Å². The highest BCUT2D eigenvalue weighted by molar-refractivity contribution is 6.14. The second-order valence-corrected chi connectivity index (χ2v) is 3.11. The second-order valence-electron chi connectivity index (χ2n) is 3.11. The first-order chi connectivity index (χ1) is 4.12. The molecule has 0 aromatic carbocycles. The van der Waals surface area contributed by atoms with Crippen molar-refractivity contribution < 1.29 is 0 Å². The van der Waals surface area contributed by atoms with Gasteiger partial charge in [0.15, 0.2) is 0 Å². The summed E-state index contributed by atoms with van der Waals surface area (Å²) in [4.78, 5) is 0. The van der Waals surface area contributed by atoms with Gasteiger partial charge in [0.05, 0.1) is 7.85 Å². The van der Waals surface area contributed by atoms with Crippen molar-refractivity contribution >= 4 is 7.85 Å². The fourth-order valence-corrected chi connectivity index (χ4v) is 0.757. The molecular weight excluding hydrogens is 107 g/mol. The van der Waals surface area contributed by atoms with Crippen LogP contribution in [-0.4, -0.2) is 7.85 Å². The molecule has 0 N–H and O–H groups in total. The van der Waals surface area contributed by atoms with Crippen LogP contribution in [0.15, 0.2) is 0 Å². The van der Waals surface area contributed by atoms with Crippen LogP contribution < -0.4 is 0 Å². The number of rotatable bonds is 4. The molecule has 0 spiro atoms. The highest BCUT2D eigenvalue weighted by Gasteiger charge is 2.12. The average molecular weight is 124 g/mol. The molecule has 1 unspecified atom stereocenters. The van der Waals surface area contributed by atoms with E-state index in [1.54, 1.807) is 0 Å². The van der Waals surface area contributed by atoms with Gasteiger partial charge in [0, 0.05) is 0 Å². The van der Waals surface area contributed by atoms with Crippen molar-refractivity contribution in [1.29, 1.82) is 0 Å². The van der Waals surface area contributed by atoms with E-state index in [9.17, 15) is 0 Å². The molecule has 0 aromatic heterocycles. The van der Waals surface area contributed by atoms with Gasteiger partial charge in [0.25, 0.3) is 0 Å². The Kier molecular flexibility index (Phi) is 4.00. The molecule has 0 saturated heterocycles. The minimum absolute atomic E-state index is 0.0933. The Morgan fingerprint density at radius 3 is 2.22 bits per heavy atom. The Morgan fingerprint density at radius 2 is 1.89 bits per heavy atom. The smallest absolute Gasteiger partial charge is 0.0691 e. The van der Waals surface area contributed by atoms with Crippen LogP contribution in [0.4, 0.5) is 0 Å². The van der Waals surface area contributed by atoms with Crippen LogP contribution in [0.3, 0.4) is 0 Å². The monoisotopic (exact) mass is 124 g/mol. The first kappa shape index (κ1) is 9.06. The van der Waals surface area contributed by atoms with E-state index in [2.05, 4.69) is 20.8 Å². The number of hydrogen-bond acceptors (Lipinski definition) is 0. The Hall–Kier alpha value is 0.0649. The summed E-state index contributed by atoms with van der Waals surface area (Å²) in [5.74, 6) is 0. The van der Waals surface area contributed by atoms with Gasteiger partial charge < -0.3 is 0 Å². The Bertz CT molecular complexity index is 67.0. The predicted octanol–water partition coefficient (Wildman–Crippen LogP) is 2.93. The van der Waals surface area contributed by atoms with Crippen molar-refractivity contribution in [2.75, 3.05) is 0 Å². The molecule has 9 heavy (non-hydrogen) atoms. The zero-order chi connectivity index (χ0) is 7.33. The third-order valence-electron chi connectivity index (χ3n) is 1.91. The van der Waals surface area contributed by atoms with Crippen molar-refractivity contribution in [2.45, 2.75) is 51.8 Å². The molecule has 52 valence electrons. The van der Waals surface area contributed by atoms with Crippen LogP contribution in [-0.2, 0) is 0 Å². The fourth-order valence-electron chi connectivity index (χ4n) is 0.757. The predicted molar refractivity (Wildman–Crippen MR) is 43.9 cm³/mol. The lowest BCUT2D eigenvalue weighted by Crippen LogP contribution is -2.05. The first-order valence-electron chi connectivity index (χ1n) is 3.91. The van der Waals surface area contributed by atoms with Crippen LogP contribution in [0, 0.1) is 0 Å². The Balaban J connectivity index is 3.33. The van der Waals surface area contributed by atoms with Gasteiger partial charge >= 0.3 is 0 Å². The molecule has 0 rings (SSSR count). The maximum atomic E-state index is 5.90. The van der Waals surface area contributed by atoms with E-state index in [0.29, 0.717) is 0 Å². The lowest BCUT2D eigenvalue weighted by atomic mass is 9.66. The van der Waals surface area contributed by atoms with Gasteiger partial charge in [0.1, 0.15) is 0 Å². The Labute approximate surface area is 60.4 Å². The molecule has 2 radical (unpaired) electrons. The Morgan fingerprint density at radius 1 is 1.33 bits per heavy atom. The normalized spacial score (nSPS) is 17.2. The molecule has 1 heteroatoms. The molecule has 0 heterocycles. The van der Waals surface area contributed by atoms with Crippen LogP contribution in [0.5, 0.6) is 0 Å². The summed E-state index contributed by atoms with van der Waals surface area (Å²) in [6.07, 6.45) is 4.78. The van der Waals surface area contributed by atoms with Crippen LogP contribution in [0.25, 0.3) is 0 Å². The molecule has 0 aliphatic rings. The standard InChI is InChI=1S/C8H17B/c1-4-6-7-8(3,9)5-2/h4-7H2,1-3H3. The summed E-state index contributed by atoms with van der Waals surface area (Å²) in [7, 11) is 5.90. The molecule has 0 amide bonds. The van der Waals surface area contributed by atoms with Crippen molar-refractivity contribution in [2.24, 2.45) is 0 Å². The zero-order valence-electron chi connectivity index (χ0n) is 6.91. The van der Waals surface area contributed by atoms with E-state index >= 15 is 0 Å². The van der Waals surface area contributed by atoms with Crippen molar-refractivity contribution in [3.8, 4) is 0 Å². The van der Waals surface area contributed by atoms with E-state index in [0.717, 1.165) is 6.42 Å². The second kappa shape index (κ2) is 3.97. The van der Waals surface area contributed by atoms with E-state index in [-0.39, 0.29) is 5.31 Å². The minimum Gasteiger partial charge on any atom is -0.0691 e. The van der Waals surface area contributed by atoms with Gasteiger partial charge in [-0.3, -0.25) is 0 Å². The lowest BCUT2D eigenvalue weighted by Gasteiger charge is -2.22. The average Bonchev–Trinajstić information content (AvgIpc) is 1.84.